The Morgan fingerprint density at radius 2 is 1.40 bits per heavy atom. The first-order chi connectivity index (χ1) is 16.5. The second-order valence-electron chi connectivity index (χ2n) is 7.97. The lowest BCUT2D eigenvalue weighted by Gasteiger charge is -2.19. The van der Waals surface area contributed by atoms with Gasteiger partial charge in [0.2, 0.25) is 26.0 Å². The van der Waals surface area contributed by atoms with Crippen molar-refractivity contribution in [1.82, 2.24) is 14.3 Å². The quantitative estimate of drug-likeness (QED) is 0.427. The van der Waals surface area contributed by atoms with Crippen LogP contribution in [0.1, 0.15) is 11.1 Å². The summed E-state index contributed by atoms with van der Waals surface area (Å²) < 4.78 is 66.8. The van der Waals surface area contributed by atoms with Crippen LogP contribution in [0.25, 0.3) is 0 Å². The number of benzene rings is 3. The second-order valence-corrected chi connectivity index (χ2v) is 11.8. The minimum absolute atomic E-state index is 0.0602. The van der Waals surface area contributed by atoms with Gasteiger partial charge in [0, 0.05) is 20.6 Å². The van der Waals surface area contributed by atoms with E-state index in [2.05, 4.69) is 10.0 Å². The maximum Gasteiger partial charge on any atom is 0.242 e. The molecule has 8 nitrogen and oxygen atoms in total. The predicted octanol–water partition coefficient (Wildman–Crippen LogP) is 2.28. The van der Waals surface area contributed by atoms with E-state index in [1.54, 1.807) is 42.5 Å². The lowest BCUT2D eigenvalue weighted by atomic mass is 10.1. The SMILES string of the molecule is CN(C)S(=O)(=O)c1ccc(CNC(=O)C(Cc2ccccc2)NS(=O)(=O)c2ccc(F)cc2)cc1. The number of hydrogen-bond donors (Lipinski definition) is 2. The van der Waals surface area contributed by atoms with Crippen LogP contribution in [0.15, 0.2) is 88.7 Å². The summed E-state index contributed by atoms with van der Waals surface area (Å²) in [5.41, 5.74) is 1.38. The van der Waals surface area contributed by atoms with Crippen LogP contribution in [-0.4, -0.2) is 47.2 Å². The molecule has 0 aromatic heterocycles. The minimum Gasteiger partial charge on any atom is -0.351 e. The second kappa shape index (κ2) is 11.1. The number of nitrogens with one attached hydrogen (secondary N) is 2. The van der Waals surface area contributed by atoms with E-state index in [4.69, 9.17) is 0 Å². The van der Waals surface area contributed by atoms with Crippen LogP contribution in [-0.2, 0) is 37.8 Å². The Morgan fingerprint density at radius 3 is 1.97 bits per heavy atom. The van der Waals surface area contributed by atoms with Gasteiger partial charge in [0.05, 0.1) is 9.79 Å². The zero-order valence-corrected chi connectivity index (χ0v) is 20.8. The molecule has 11 heteroatoms. The molecule has 186 valence electrons. The fraction of sp³-hybridized carbons (Fsp3) is 0.208. The largest absolute Gasteiger partial charge is 0.351 e. The molecule has 1 amide bonds. The van der Waals surface area contributed by atoms with Gasteiger partial charge in [0.15, 0.2) is 0 Å². The van der Waals surface area contributed by atoms with Crippen molar-refractivity contribution in [3.63, 3.8) is 0 Å². The van der Waals surface area contributed by atoms with E-state index in [9.17, 15) is 26.0 Å². The highest BCUT2D eigenvalue weighted by Gasteiger charge is 2.26. The zero-order valence-electron chi connectivity index (χ0n) is 19.2. The highest BCUT2D eigenvalue weighted by molar-refractivity contribution is 7.89. The smallest absolute Gasteiger partial charge is 0.242 e. The van der Waals surface area contributed by atoms with Crippen molar-refractivity contribution in [1.29, 1.82) is 0 Å². The third-order valence-electron chi connectivity index (χ3n) is 5.19. The summed E-state index contributed by atoms with van der Waals surface area (Å²) in [5.74, 6) is -1.14. The maximum absolute atomic E-state index is 13.2. The average Bonchev–Trinajstić information content (AvgIpc) is 2.83. The van der Waals surface area contributed by atoms with Crippen molar-refractivity contribution < 1.29 is 26.0 Å². The van der Waals surface area contributed by atoms with E-state index < -0.39 is 37.8 Å². The van der Waals surface area contributed by atoms with Gasteiger partial charge in [0.25, 0.3) is 0 Å². The van der Waals surface area contributed by atoms with Gasteiger partial charge in [-0.1, -0.05) is 42.5 Å². The zero-order chi connectivity index (χ0) is 25.6. The third-order valence-corrected chi connectivity index (χ3v) is 8.51. The average molecular weight is 520 g/mol. The maximum atomic E-state index is 13.2. The topological polar surface area (TPSA) is 113 Å². The number of nitrogens with zero attached hydrogens (tertiary/aromatic N) is 1. The Labute approximate surface area is 204 Å². The van der Waals surface area contributed by atoms with Gasteiger partial charge in [-0.05, 0) is 53.9 Å². The molecule has 0 spiro atoms. The predicted molar refractivity (Wildman–Crippen MR) is 130 cm³/mol. The van der Waals surface area contributed by atoms with Crippen molar-refractivity contribution in [2.45, 2.75) is 28.8 Å². The minimum atomic E-state index is -4.10. The van der Waals surface area contributed by atoms with Gasteiger partial charge in [-0.25, -0.2) is 25.5 Å². The molecular weight excluding hydrogens is 493 g/mol. The molecule has 3 aromatic rings. The van der Waals surface area contributed by atoms with E-state index in [1.165, 1.54) is 26.2 Å². The van der Waals surface area contributed by atoms with E-state index in [-0.39, 0.29) is 22.8 Å². The number of carbonyl (C=O) groups excluding carboxylic acids is 1. The molecule has 0 bridgehead atoms. The Morgan fingerprint density at radius 1 is 0.829 bits per heavy atom. The van der Waals surface area contributed by atoms with Crippen LogP contribution in [0.3, 0.4) is 0 Å². The number of rotatable bonds is 10. The number of hydrogen-bond acceptors (Lipinski definition) is 5. The Bertz CT molecular complexity index is 1360. The van der Waals surface area contributed by atoms with E-state index in [1.807, 2.05) is 0 Å². The molecular formula is C24H26FN3O5S2. The molecule has 1 atom stereocenters. The normalized spacial score (nSPS) is 12.9. The lowest BCUT2D eigenvalue weighted by molar-refractivity contribution is -0.122. The van der Waals surface area contributed by atoms with Gasteiger partial charge >= 0.3 is 0 Å². The lowest BCUT2D eigenvalue weighted by Crippen LogP contribution is -2.47. The first-order valence-corrected chi connectivity index (χ1v) is 13.5. The fourth-order valence-electron chi connectivity index (χ4n) is 3.21. The van der Waals surface area contributed by atoms with E-state index in [0.29, 0.717) is 5.56 Å². The molecule has 0 heterocycles. The molecule has 0 saturated carbocycles. The molecule has 2 N–H and O–H groups in total. The van der Waals surface area contributed by atoms with Crippen LogP contribution < -0.4 is 10.0 Å². The highest BCUT2D eigenvalue weighted by atomic mass is 32.2. The molecule has 3 aromatic carbocycles. The Kier molecular flexibility index (Phi) is 8.39. The third kappa shape index (κ3) is 6.95. The van der Waals surface area contributed by atoms with E-state index >= 15 is 0 Å². The molecule has 0 saturated heterocycles. The molecule has 3 rings (SSSR count). The number of halogens is 1. The van der Waals surface area contributed by atoms with Crippen molar-refractivity contribution in [2.24, 2.45) is 0 Å². The summed E-state index contributed by atoms with van der Waals surface area (Å²) >= 11 is 0. The van der Waals surface area contributed by atoms with Crippen LogP contribution in [0, 0.1) is 5.82 Å². The molecule has 0 aliphatic heterocycles. The van der Waals surface area contributed by atoms with Crippen LogP contribution >= 0.6 is 0 Å². The van der Waals surface area contributed by atoms with Crippen molar-refractivity contribution in [2.75, 3.05) is 14.1 Å². The highest BCUT2D eigenvalue weighted by Crippen LogP contribution is 2.15. The molecule has 35 heavy (non-hydrogen) atoms. The first kappa shape index (κ1) is 26.5. The van der Waals surface area contributed by atoms with Crippen molar-refractivity contribution in [3.8, 4) is 0 Å². The number of carbonyl (C=O) groups is 1. The molecule has 0 radical (unpaired) electrons. The van der Waals surface area contributed by atoms with Gasteiger partial charge < -0.3 is 5.32 Å². The summed E-state index contributed by atoms with van der Waals surface area (Å²) in [7, 11) is -4.81. The Balaban J connectivity index is 1.76. The van der Waals surface area contributed by atoms with Gasteiger partial charge in [0.1, 0.15) is 11.9 Å². The first-order valence-electron chi connectivity index (χ1n) is 10.6. The summed E-state index contributed by atoms with van der Waals surface area (Å²) in [4.78, 5) is 13.0. The van der Waals surface area contributed by atoms with E-state index in [0.717, 1.165) is 34.1 Å². The molecule has 0 aliphatic carbocycles. The molecule has 0 aliphatic rings. The van der Waals surface area contributed by atoms with Gasteiger partial charge in [-0.2, -0.15) is 4.72 Å². The summed E-state index contributed by atoms with van der Waals surface area (Å²) in [6, 6.07) is 18.1. The summed E-state index contributed by atoms with van der Waals surface area (Å²) in [5, 5.41) is 2.70. The van der Waals surface area contributed by atoms with Crippen LogP contribution in [0.4, 0.5) is 4.39 Å². The fourth-order valence-corrected chi connectivity index (χ4v) is 5.31. The van der Waals surface area contributed by atoms with Crippen LogP contribution in [0.2, 0.25) is 0 Å². The van der Waals surface area contributed by atoms with Crippen LogP contribution in [0.5, 0.6) is 0 Å². The summed E-state index contributed by atoms with van der Waals surface area (Å²) in [6.07, 6.45) is 0.0904. The van der Waals surface area contributed by atoms with Crippen molar-refractivity contribution >= 4 is 26.0 Å². The standard InChI is InChI=1S/C24H26FN3O5S2/c1-28(2)35(32,33)22-12-8-19(9-13-22)17-26-24(29)23(16-18-6-4-3-5-7-18)27-34(30,31)21-14-10-20(25)11-15-21/h3-15,23,27H,16-17H2,1-2H3,(H,26,29). The monoisotopic (exact) mass is 519 g/mol. The number of amides is 1. The summed E-state index contributed by atoms with van der Waals surface area (Å²) in [6.45, 7) is 0.0602. The Hall–Kier alpha value is -3.12. The molecule has 1 unspecified atom stereocenters. The van der Waals surface area contributed by atoms with Crippen molar-refractivity contribution in [3.05, 3.63) is 95.8 Å². The molecule has 0 fully saturated rings. The van der Waals surface area contributed by atoms with Gasteiger partial charge in [-0.15, -0.1) is 0 Å². The van der Waals surface area contributed by atoms with Gasteiger partial charge in [-0.3, -0.25) is 4.79 Å². The number of sulfonamides is 2.